The second-order valence-electron chi connectivity index (χ2n) is 6.34. The first-order chi connectivity index (χ1) is 8.28. The van der Waals surface area contributed by atoms with Gasteiger partial charge in [-0.15, -0.1) is 0 Å². The Bertz CT molecular complexity index is 327. The third-order valence-electron chi connectivity index (χ3n) is 3.66. The molecular formula is C13H24N2O3. The average molecular weight is 256 g/mol. The molecule has 2 rings (SSSR count). The molecule has 18 heavy (non-hydrogen) atoms. The fraction of sp³-hybridized carbons (Fsp3) is 0.923. The number of amides is 1. The van der Waals surface area contributed by atoms with Crippen LogP contribution in [0.3, 0.4) is 0 Å². The van der Waals surface area contributed by atoms with Crippen LogP contribution in [0, 0.1) is 0 Å². The number of nitrogens with zero attached hydrogens (tertiary/aromatic N) is 2. The fourth-order valence-electron chi connectivity index (χ4n) is 2.49. The molecule has 0 aromatic carbocycles. The molecule has 0 bridgehead atoms. The maximum Gasteiger partial charge on any atom is 0.410 e. The maximum absolute atomic E-state index is 12.0. The third-order valence-corrected chi connectivity index (χ3v) is 3.66. The van der Waals surface area contributed by atoms with Crippen LogP contribution in [0.15, 0.2) is 0 Å². The molecule has 5 heteroatoms. The van der Waals surface area contributed by atoms with Crippen molar-refractivity contribution in [1.82, 2.24) is 9.80 Å². The molecule has 1 amide bonds. The summed E-state index contributed by atoms with van der Waals surface area (Å²) in [5.41, 5.74) is -0.440. The first-order valence-electron chi connectivity index (χ1n) is 6.59. The second-order valence-corrected chi connectivity index (χ2v) is 6.34. The smallest absolute Gasteiger partial charge is 0.410 e. The molecule has 0 N–H and O–H groups in total. The van der Waals surface area contributed by atoms with E-state index in [1.807, 2.05) is 20.8 Å². The summed E-state index contributed by atoms with van der Waals surface area (Å²) in [4.78, 5) is 16.1. The Morgan fingerprint density at radius 3 is 2.61 bits per heavy atom. The van der Waals surface area contributed by atoms with Gasteiger partial charge in [0.25, 0.3) is 0 Å². The lowest BCUT2D eigenvalue weighted by atomic mass is 10.1. The zero-order chi connectivity index (χ0) is 13.5. The van der Waals surface area contributed by atoms with Gasteiger partial charge < -0.3 is 14.4 Å². The number of likely N-dealkylation sites (tertiary alicyclic amines) is 1. The van der Waals surface area contributed by atoms with Gasteiger partial charge in [-0.1, -0.05) is 0 Å². The van der Waals surface area contributed by atoms with Crippen LogP contribution in [0.4, 0.5) is 4.79 Å². The largest absolute Gasteiger partial charge is 0.444 e. The highest BCUT2D eigenvalue weighted by Gasteiger charge is 2.43. The van der Waals surface area contributed by atoms with E-state index in [0.29, 0.717) is 25.2 Å². The van der Waals surface area contributed by atoms with Crippen LogP contribution in [-0.2, 0) is 9.47 Å². The Kier molecular flexibility index (Phi) is 3.56. The van der Waals surface area contributed by atoms with Crippen LogP contribution in [-0.4, -0.2) is 66.4 Å². The van der Waals surface area contributed by atoms with E-state index in [-0.39, 0.29) is 12.2 Å². The molecule has 0 aromatic heterocycles. The average Bonchev–Trinajstić information content (AvgIpc) is 2.66. The summed E-state index contributed by atoms with van der Waals surface area (Å²) >= 11 is 0. The summed E-state index contributed by atoms with van der Waals surface area (Å²) < 4.78 is 11.2. The number of ether oxygens (including phenoxy) is 2. The summed E-state index contributed by atoms with van der Waals surface area (Å²) in [6.45, 7) is 9.87. The van der Waals surface area contributed by atoms with Crippen molar-refractivity contribution >= 4 is 6.09 Å². The lowest BCUT2D eigenvalue weighted by Crippen LogP contribution is -2.53. The number of carbonyl (C=O) groups excluding carboxylic acids is 1. The topological polar surface area (TPSA) is 42.0 Å². The maximum atomic E-state index is 12.0. The molecular weight excluding hydrogens is 232 g/mol. The van der Waals surface area contributed by atoms with Gasteiger partial charge in [-0.2, -0.15) is 0 Å². The Hall–Kier alpha value is -0.810. The van der Waals surface area contributed by atoms with E-state index in [4.69, 9.17) is 9.47 Å². The number of likely N-dealkylation sites (N-methyl/N-ethyl adjacent to an activating group) is 1. The minimum Gasteiger partial charge on any atom is -0.444 e. The summed E-state index contributed by atoms with van der Waals surface area (Å²) in [5.74, 6) is 0. The standard InChI is InChI=1S/C13H24N2O3/c1-9-8-17-11-7-15(6-10(11)14(9)5)12(16)18-13(2,3)4/h9-11H,6-8H2,1-5H3/t9-,10?,11?/m0/s1. The number of hydrogen-bond donors (Lipinski definition) is 0. The van der Waals surface area contributed by atoms with Gasteiger partial charge in [0.1, 0.15) is 5.60 Å². The predicted molar refractivity (Wildman–Crippen MR) is 68.6 cm³/mol. The molecule has 2 fully saturated rings. The zero-order valence-electron chi connectivity index (χ0n) is 12.0. The van der Waals surface area contributed by atoms with Crippen LogP contribution >= 0.6 is 0 Å². The highest BCUT2D eigenvalue weighted by atomic mass is 16.6. The van der Waals surface area contributed by atoms with Crippen molar-refractivity contribution in [3.8, 4) is 0 Å². The summed E-state index contributed by atoms with van der Waals surface area (Å²) in [7, 11) is 2.10. The van der Waals surface area contributed by atoms with Gasteiger partial charge in [0, 0.05) is 12.6 Å². The Morgan fingerprint density at radius 2 is 2.00 bits per heavy atom. The van der Waals surface area contributed by atoms with Crippen LogP contribution < -0.4 is 0 Å². The molecule has 0 saturated carbocycles. The third kappa shape index (κ3) is 2.78. The lowest BCUT2D eigenvalue weighted by molar-refractivity contribution is -0.0664. The van der Waals surface area contributed by atoms with E-state index in [1.54, 1.807) is 4.90 Å². The normalized spacial score (nSPS) is 33.4. The number of hydrogen-bond acceptors (Lipinski definition) is 4. The van der Waals surface area contributed by atoms with Crippen molar-refractivity contribution in [3.05, 3.63) is 0 Å². The van der Waals surface area contributed by atoms with Crippen LogP contribution in [0.1, 0.15) is 27.7 Å². The molecule has 104 valence electrons. The summed E-state index contributed by atoms with van der Waals surface area (Å²) in [6, 6.07) is 0.700. The minimum atomic E-state index is -0.440. The number of morpholine rings is 1. The molecule has 2 heterocycles. The van der Waals surface area contributed by atoms with Crippen molar-refractivity contribution in [2.24, 2.45) is 0 Å². The van der Waals surface area contributed by atoms with Crippen molar-refractivity contribution in [2.75, 3.05) is 26.7 Å². The van der Waals surface area contributed by atoms with E-state index in [9.17, 15) is 4.79 Å². The van der Waals surface area contributed by atoms with Crippen molar-refractivity contribution in [3.63, 3.8) is 0 Å². The quantitative estimate of drug-likeness (QED) is 0.655. The first-order valence-corrected chi connectivity index (χ1v) is 6.59. The van der Waals surface area contributed by atoms with Gasteiger partial charge in [0.05, 0.1) is 25.3 Å². The van der Waals surface area contributed by atoms with Gasteiger partial charge in [-0.3, -0.25) is 4.90 Å². The lowest BCUT2D eigenvalue weighted by Gasteiger charge is -2.38. The predicted octanol–water partition coefficient (Wildman–Crippen LogP) is 1.32. The fourth-order valence-corrected chi connectivity index (χ4v) is 2.49. The molecule has 0 aliphatic carbocycles. The summed E-state index contributed by atoms with van der Waals surface area (Å²) in [5, 5.41) is 0. The van der Waals surface area contributed by atoms with E-state index < -0.39 is 5.60 Å². The molecule has 0 radical (unpaired) electrons. The Balaban J connectivity index is 1.97. The molecule has 5 nitrogen and oxygen atoms in total. The monoisotopic (exact) mass is 256 g/mol. The molecule has 3 atom stereocenters. The number of rotatable bonds is 0. The van der Waals surface area contributed by atoms with E-state index in [1.165, 1.54) is 0 Å². The second kappa shape index (κ2) is 4.70. The minimum absolute atomic E-state index is 0.124. The van der Waals surface area contributed by atoms with Crippen molar-refractivity contribution in [2.45, 2.75) is 51.5 Å². The van der Waals surface area contributed by atoms with Crippen molar-refractivity contribution in [1.29, 1.82) is 0 Å². The molecule has 2 aliphatic heterocycles. The first kappa shape index (κ1) is 13.6. The van der Waals surface area contributed by atoms with Gasteiger partial charge in [-0.05, 0) is 34.7 Å². The van der Waals surface area contributed by atoms with E-state index in [0.717, 1.165) is 6.61 Å². The highest BCUT2D eigenvalue weighted by Crippen LogP contribution is 2.25. The molecule has 0 spiro atoms. The molecule has 2 aliphatic rings. The molecule has 0 aromatic rings. The van der Waals surface area contributed by atoms with Gasteiger partial charge in [-0.25, -0.2) is 4.79 Å². The molecule has 2 unspecified atom stereocenters. The van der Waals surface area contributed by atoms with Crippen LogP contribution in [0.25, 0.3) is 0 Å². The number of carbonyl (C=O) groups is 1. The van der Waals surface area contributed by atoms with Crippen LogP contribution in [0.2, 0.25) is 0 Å². The van der Waals surface area contributed by atoms with Crippen LogP contribution in [0.5, 0.6) is 0 Å². The molecule has 2 saturated heterocycles. The Morgan fingerprint density at radius 1 is 1.33 bits per heavy atom. The van der Waals surface area contributed by atoms with E-state index >= 15 is 0 Å². The van der Waals surface area contributed by atoms with Gasteiger partial charge in [0.15, 0.2) is 0 Å². The van der Waals surface area contributed by atoms with Gasteiger partial charge in [0.2, 0.25) is 0 Å². The van der Waals surface area contributed by atoms with E-state index in [2.05, 4.69) is 18.9 Å². The number of fused-ring (bicyclic) bond motifs is 1. The SMILES string of the molecule is C[C@H]1COC2CN(C(=O)OC(C)(C)C)CC2N1C. The van der Waals surface area contributed by atoms with Crippen molar-refractivity contribution < 1.29 is 14.3 Å². The summed E-state index contributed by atoms with van der Waals surface area (Å²) in [6.07, 6.45) is -0.111. The Labute approximate surface area is 109 Å². The highest BCUT2D eigenvalue weighted by molar-refractivity contribution is 5.68. The zero-order valence-corrected chi connectivity index (χ0v) is 12.0. The van der Waals surface area contributed by atoms with Gasteiger partial charge >= 0.3 is 6.09 Å².